The van der Waals surface area contributed by atoms with Gasteiger partial charge in [-0.2, -0.15) is 0 Å². The fourth-order valence-electron chi connectivity index (χ4n) is 2.40. The van der Waals surface area contributed by atoms with Crippen molar-refractivity contribution in [3.8, 4) is 0 Å². The summed E-state index contributed by atoms with van der Waals surface area (Å²) in [5.41, 5.74) is 0.983. The number of nitrogens with zero attached hydrogens (tertiary/aromatic N) is 3. The van der Waals surface area contributed by atoms with E-state index in [0.717, 1.165) is 37.6 Å². The van der Waals surface area contributed by atoms with Crippen LogP contribution in [0.5, 0.6) is 0 Å². The first-order valence-electron chi connectivity index (χ1n) is 6.85. The van der Waals surface area contributed by atoms with E-state index in [9.17, 15) is 0 Å². The Morgan fingerprint density at radius 2 is 2.00 bits per heavy atom. The molecule has 1 aliphatic rings. The lowest BCUT2D eigenvalue weighted by molar-refractivity contribution is 0.118. The third-order valence-electron chi connectivity index (χ3n) is 3.35. The van der Waals surface area contributed by atoms with E-state index >= 15 is 0 Å². The second kappa shape index (κ2) is 6.87. The van der Waals surface area contributed by atoms with E-state index in [2.05, 4.69) is 33.3 Å². The van der Waals surface area contributed by atoms with Crippen LogP contribution in [0.25, 0.3) is 0 Å². The molecule has 102 valence electrons. The van der Waals surface area contributed by atoms with Crippen LogP contribution in [0.3, 0.4) is 0 Å². The highest BCUT2D eigenvalue weighted by Gasteiger charge is 2.17. The Hall–Kier alpha value is -0.910. The first-order valence-corrected chi connectivity index (χ1v) is 6.85. The van der Waals surface area contributed by atoms with Gasteiger partial charge in [0.1, 0.15) is 0 Å². The van der Waals surface area contributed by atoms with Gasteiger partial charge in [-0.15, -0.1) is 0 Å². The lowest BCUT2D eigenvalue weighted by Gasteiger charge is -2.33. The van der Waals surface area contributed by atoms with Crippen LogP contribution in [0.2, 0.25) is 0 Å². The molecule has 18 heavy (non-hydrogen) atoms. The summed E-state index contributed by atoms with van der Waals surface area (Å²) in [5, 5.41) is 7.12. The first-order chi connectivity index (χ1) is 8.81. The van der Waals surface area contributed by atoms with Crippen LogP contribution < -0.4 is 5.32 Å². The lowest BCUT2D eigenvalue weighted by Crippen LogP contribution is -2.45. The van der Waals surface area contributed by atoms with E-state index in [4.69, 9.17) is 4.52 Å². The summed E-state index contributed by atoms with van der Waals surface area (Å²) < 4.78 is 5.35. The smallest absolute Gasteiger partial charge is 0.151 e. The molecule has 0 atom stereocenters. The van der Waals surface area contributed by atoms with Crippen molar-refractivity contribution >= 4 is 0 Å². The standard InChI is InChI=1S/C13H24N4O/c1-3-4-16-5-7-17(8-6-16)11-13-9-12(10-14-2)15-18-13/h9,14H,3-8,10-11H2,1-2H3. The van der Waals surface area contributed by atoms with Gasteiger partial charge in [-0.25, -0.2) is 0 Å². The minimum Gasteiger partial charge on any atom is -0.360 e. The number of hydrogen-bond donors (Lipinski definition) is 1. The maximum Gasteiger partial charge on any atom is 0.151 e. The molecular weight excluding hydrogens is 228 g/mol. The van der Waals surface area contributed by atoms with Crippen LogP contribution in [-0.4, -0.2) is 54.7 Å². The molecule has 1 fully saturated rings. The topological polar surface area (TPSA) is 44.5 Å². The zero-order valence-corrected chi connectivity index (χ0v) is 11.5. The van der Waals surface area contributed by atoms with Crippen molar-refractivity contribution in [3.63, 3.8) is 0 Å². The molecule has 1 aromatic rings. The van der Waals surface area contributed by atoms with Gasteiger partial charge in [-0.05, 0) is 20.0 Å². The summed E-state index contributed by atoms with van der Waals surface area (Å²) in [6.07, 6.45) is 1.25. The number of rotatable bonds is 6. The first kappa shape index (κ1) is 13.5. The van der Waals surface area contributed by atoms with Gasteiger partial charge in [0.15, 0.2) is 5.76 Å². The molecule has 5 nitrogen and oxygen atoms in total. The average molecular weight is 252 g/mol. The van der Waals surface area contributed by atoms with Crippen molar-refractivity contribution in [2.75, 3.05) is 39.8 Å². The van der Waals surface area contributed by atoms with E-state index < -0.39 is 0 Å². The molecule has 2 heterocycles. The molecule has 0 unspecified atom stereocenters. The molecule has 1 N–H and O–H groups in total. The Morgan fingerprint density at radius 1 is 1.28 bits per heavy atom. The summed E-state index contributed by atoms with van der Waals surface area (Å²) in [6, 6.07) is 2.05. The van der Waals surface area contributed by atoms with Crippen LogP contribution >= 0.6 is 0 Å². The van der Waals surface area contributed by atoms with Crippen molar-refractivity contribution in [3.05, 3.63) is 17.5 Å². The van der Waals surface area contributed by atoms with Gasteiger partial charge in [-0.3, -0.25) is 4.90 Å². The normalized spacial score (nSPS) is 18.3. The minimum atomic E-state index is 0.772. The number of piperazine rings is 1. The van der Waals surface area contributed by atoms with Gasteiger partial charge in [-0.1, -0.05) is 12.1 Å². The molecule has 2 rings (SSSR count). The summed E-state index contributed by atoms with van der Waals surface area (Å²) in [6.45, 7) is 9.72. The van der Waals surface area contributed by atoms with Crippen LogP contribution in [0.15, 0.2) is 10.6 Å². The molecule has 0 spiro atoms. The molecule has 0 saturated carbocycles. The number of aromatic nitrogens is 1. The van der Waals surface area contributed by atoms with Crippen molar-refractivity contribution in [1.29, 1.82) is 0 Å². The van der Waals surface area contributed by atoms with Gasteiger partial charge in [0.25, 0.3) is 0 Å². The monoisotopic (exact) mass is 252 g/mol. The second-order valence-corrected chi connectivity index (χ2v) is 4.93. The molecule has 0 radical (unpaired) electrons. The van der Waals surface area contributed by atoms with Gasteiger partial charge >= 0.3 is 0 Å². The van der Waals surface area contributed by atoms with Gasteiger partial charge in [0.05, 0.1) is 12.2 Å². The molecule has 0 amide bonds. The highest BCUT2D eigenvalue weighted by atomic mass is 16.5. The number of nitrogens with one attached hydrogen (secondary N) is 1. The molecule has 0 aromatic carbocycles. The van der Waals surface area contributed by atoms with Gasteiger partial charge in [0.2, 0.25) is 0 Å². The molecule has 0 bridgehead atoms. The predicted molar refractivity (Wildman–Crippen MR) is 71.3 cm³/mol. The maximum atomic E-state index is 5.35. The molecular formula is C13H24N4O. The van der Waals surface area contributed by atoms with Crippen LogP contribution in [-0.2, 0) is 13.1 Å². The minimum absolute atomic E-state index is 0.772. The zero-order chi connectivity index (χ0) is 12.8. The quantitative estimate of drug-likeness (QED) is 0.815. The largest absolute Gasteiger partial charge is 0.360 e. The molecule has 1 aliphatic heterocycles. The third-order valence-corrected chi connectivity index (χ3v) is 3.35. The van der Waals surface area contributed by atoms with Crippen LogP contribution in [0.4, 0.5) is 0 Å². The predicted octanol–water partition coefficient (Wildman–Crippen LogP) is 0.922. The molecule has 1 aromatic heterocycles. The van der Waals surface area contributed by atoms with Crippen molar-refractivity contribution in [1.82, 2.24) is 20.3 Å². The molecule has 5 heteroatoms. The summed E-state index contributed by atoms with van der Waals surface area (Å²) in [7, 11) is 1.92. The highest BCUT2D eigenvalue weighted by molar-refractivity contribution is 5.05. The van der Waals surface area contributed by atoms with Crippen molar-refractivity contribution < 1.29 is 4.52 Å². The molecule has 0 aliphatic carbocycles. The summed E-state index contributed by atoms with van der Waals surface area (Å²) in [5.74, 6) is 0.976. The zero-order valence-electron chi connectivity index (χ0n) is 11.5. The van der Waals surface area contributed by atoms with Crippen molar-refractivity contribution in [2.45, 2.75) is 26.4 Å². The Labute approximate surface area is 109 Å². The Morgan fingerprint density at radius 3 is 2.67 bits per heavy atom. The fraction of sp³-hybridized carbons (Fsp3) is 0.769. The third kappa shape index (κ3) is 3.80. The summed E-state index contributed by atoms with van der Waals surface area (Å²) >= 11 is 0. The van der Waals surface area contributed by atoms with E-state index in [1.54, 1.807) is 0 Å². The van der Waals surface area contributed by atoms with Gasteiger partial charge in [0, 0.05) is 38.8 Å². The lowest BCUT2D eigenvalue weighted by atomic mass is 10.2. The fourth-order valence-corrected chi connectivity index (χ4v) is 2.40. The van der Waals surface area contributed by atoms with Gasteiger partial charge < -0.3 is 14.7 Å². The summed E-state index contributed by atoms with van der Waals surface area (Å²) in [4.78, 5) is 4.97. The Bertz CT molecular complexity index is 345. The van der Waals surface area contributed by atoms with E-state index in [1.165, 1.54) is 26.1 Å². The SMILES string of the molecule is CCCN1CCN(Cc2cc(CNC)no2)CC1. The van der Waals surface area contributed by atoms with Crippen LogP contribution in [0, 0.1) is 0 Å². The average Bonchev–Trinajstić information content (AvgIpc) is 2.80. The Balaban J connectivity index is 1.76. The Kier molecular flexibility index (Phi) is 5.16. The maximum absolute atomic E-state index is 5.35. The van der Waals surface area contributed by atoms with E-state index in [1.807, 2.05) is 7.05 Å². The second-order valence-electron chi connectivity index (χ2n) is 4.93. The highest BCUT2D eigenvalue weighted by Crippen LogP contribution is 2.10. The van der Waals surface area contributed by atoms with E-state index in [-0.39, 0.29) is 0 Å². The van der Waals surface area contributed by atoms with Crippen molar-refractivity contribution in [2.24, 2.45) is 0 Å². The molecule has 1 saturated heterocycles. The van der Waals surface area contributed by atoms with E-state index in [0.29, 0.717) is 0 Å². The van der Waals surface area contributed by atoms with Crippen LogP contribution in [0.1, 0.15) is 24.8 Å². The number of hydrogen-bond acceptors (Lipinski definition) is 5.